The number of hydrogen-bond acceptors (Lipinski definition) is 6. The van der Waals surface area contributed by atoms with Crippen LogP contribution >= 0.6 is 0 Å². The third-order valence-electron chi connectivity index (χ3n) is 4.97. The van der Waals surface area contributed by atoms with Gasteiger partial charge in [0.25, 0.3) is 0 Å². The highest BCUT2D eigenvalue weighted by molar-refractivity contribution is 6.07. The van der Waals surface area contributed by atoms with E-state index in [1.165, 1.54) is 30.3 Å². The Bertz CT molecular complexity index is 909. The van der Waals surface area contributed by atoms with Crippen molar-refractivity contribution in [1.29, 1.82) is 5.41 Å². The summed E-state index contributed by atoms with van der Waals surface area (Å²) in [6, 6.07) is 6.99. The van der Waals surface area contributed by atoms with E-state index in [1.54, 1.807) is 0 Å². The molecule has 1 fully saturated rings. The maximum absolute atomic E-state index is 13.3. The number of hydrogen-bond donors (Lipinski definition) is 3. The molecular formula is C22H26FN3O4. The van der Waals surface area contributed by atoms with Crippen LogP contribution in [0.2, 0.25) is 0 Å². The minimum absolute atomic E-state index is 0.137. The van der Waals surface area contributed by atoms with Crippen LogP contribution in [0, 0.1) is 23.1 Å². The summed E-state index contributed by atoms with van der Waals surface area (Å²) in [5, 5.41) is 21.1. The van der Waals surface area contributed by atoms with Gasteiger partial charge in [-0.1, -0.05) is 13.8 Å². The monoisotopic (exact) mass is 415 g/mol. The largest absolute Gasteiger partial charge is 0.492 e. The van der Waals surface area contributed by atoms with Crippen molar-refractivity contribution in [2.45, 2.75) is 26.7 Å². The Morgan fingerprint density at radius 3 is 2.60 bits per heavy atom. The normalized spacial score (nSPS) is 14.5. The lowest BCUT2D eigenvalue weighted by molar-refractivity contribution is 0.0497. The molecule has 1 aromatic heterocycles. The van der Waals surface area contributed by atoms with Crippen molar-refractivity contribution in [2.75, 3.05) is 25.1 Å². The molecule has 1 saturated heterocycles. The molecule has 0 aliphatic carbocycles. The molecule has 160 valence electrons. The number of rotatable bonds is 8. The summed E-state index contributed by atoms with van der Waals surface area (Å²) in [7, 11) is 0. The highest BCUT2D eigenvalue weighted by Gasteiger charge is 2.24. The van der Waals surface area contributed by atoms with Gasteiger partial charge in [0.05, 0.1) is 12.2 Å². The number of nitrogens with zero attached hydrogens (tertiary/aromatic N) is 1. The van der Waals surface area contributed by atoms with Gasteiger partial charge in [-0.2, -0.15) is 0 Å². The second kappa shape index (κ2) is 9.67. The fourth-order valence-electron chi connectivity index (χ4n) is 3.18. The van der Waals surface area contributed by atoms with Crippen LogP contribution in [0.1, 0.15) is 42.7 Å². The van der Waals surface area contributed by atoms with E-state index in [4.69, 9.17) is 14.9 Å². The number of aromatic carboxylic acids is 1. The van der Waals surface area contributed by atoms with E-state index in [9.17, 15) is 14.3 Å². The molecule has 0 atom stereocenters. The predicted octanol–water partition coefficient (Wildman–Crippen LogP) is 4.49. The molecule has 3 rings (SSSR count). The van der Waals surface area contributed by atoms with E-state index in [-0.39, 0.29) is 29.0 Å². The number of benzene rings is 1. The Morgan fingerprint density at radius 2 is 2.00 bits per heavy atom. The maximum Gasteiger partial charge on any atom is 0.354 e. The molecule has 0 unspecified atom stereocenters. The standard InChI is InChI=1S/C22H26FN3O4/c1-13(2)20(24)19-18(30-12-14-7-9-29-10-8-14)11-17(22(27)28)26-21(19)25-16-5-3-15(23)4-6-16/h3-6,11,13-14,24H,7-10,12H2,1-2H3,(H,25,26)(H,27,28). The SMILES string of the molecule is CC(C)C(=N)c1c(OCC2CCOCC2)cc(C(=O)O)nc1Nc1ccc(F)cc1. The third kappa shape index (κ3) is 5.33. The van der Waals surface area contributed by atoms with Gasteiger partial charge in [0, 0.05) is 30.7 Å². The molecular weight excluding hydrogens is 389 g/mol. The fourth-order valence-corrected chi connectivity index (χ4v) is 3.18. The van der Waals surface area contributed by atoms with Gasteiger partial charge in [-0.3, -0.25) is 0 Å². The molecule has 30 heavy (non-hydrogen) atoms. The minimum Gasteiger partial charge on any atom is -0.492 e. The molecule has 1 aromatic carbocycles. The van der Waals surface area contributed by atoms with Crippen LogP contribution in [-0.4, -0.2) is 41.6 Å². The van der Waals surface area contributed by atoms with Gasteiger partial charge in [-0.15, -0.1) is 0 Å². The quantitative estimate of drug-likeness (QED) is 0.549. The summed E-state index contributed by atoms with van der Waals surface area (Å²) >= 11 is 0. The van der Waals surface area contributed by atoms with Crippen LogP contribution in [0.15, 0.2) is 30.3 Å². The number of nitrogens with one attached hydrogen (secondary N) is 2. The van der Waals surface area contributed by atoms with Crippen molar-refractivity contribution in [1.82, 2.24) is 4.98 Å². The number of ether oxygens (including phenoxy) is 2. The summed E-state index contributed by atoms with van der Waals surface area (Å²) in [4.78, 5) is 15.9. The average Bonchev–Trinajstić information content (AvgIpc) is 2.73. The Kier molecular flexibility index (Phi) is 6.99. The van der Waals surface area contributed by atoms with Crippen LogP contribution in [0.3, 0.4) is 0 Å². The molecule has 2 aromatic rings. The van der Waals surface area contributed by atoms with Crippen molar-refractivity contribution < 1.29 is 23.8 Å². The summed E-state index contributed by atoms with van der Waals surface area (Å²) < 4.78 is 24.7. The van der Waals surface area contributed by atoms with Gasteiger partial charge in [-0.25, -0.2) is 14.2 Å². The lowest BCUT2D eigenvalue weighted by Crippen LogP contribution is -2.23. The first-order valence-electron chi connectivity index (χ1n) is 9.95. The molecule has 3 N–H and O–H groups in total. The number of aromatic nitrogens is 1. The molecule has 0 spiro atoms. The van der Waals surface area contributed by atoms with Gasteiger partial charge >= 0.3 is 5.97 Å². The Labute approximate surface area is 174 Å². The molecule has 2 heterocycles. The summed E-state index contributed by atoms with van der Waals surface area (Å²) in [6.07, 6.45) is 1.74. The summed E-state index contributed by atoms with van der Waals surface area (Å²) in [5.74, 6) is -0.921. The number of halogens is 1. The van der Waals surface area contributed by atoms with Crippen molar-refractivity contribution in [3.63, 3.8) is 0 Å². The average molecular weight is 415 g/mol. The molecule has 7 nitrogen and oxygen atoms in total. The number of anilines is 2. The van der Waals surface area contributed by atoms with Crippen LogP contribution in [0.25, 0.3) is 0 Å². The molecule has 0 bridgehead atoms. The molecule has 0 radical (unpaired) electrons. The van der Waals surface area contributed by atoms with Crippen LogP contribution in [-0.2, 0) is 4.74 Å². The number of carboxylic acids is 1. The van der Waals surface area contributed by atoms with Crippen molar-refractivity contribution >= 4 is 23.2 Å². The molecule has 8 heteroatoms. The van der Waals surface area contributed by atoms with Crippen molar-refractivity contribution in [2.24, 2.45) is 11.8 Å². The van der Waals surface area contributed by atoms with Crippen molar-refractivity contribution in [3.05, 3.63) is 47.4 Å². The molecule has 1 aliphatic rings. The first-order valence-corrected chi connectivity index (χ1v) is 9.95. The number of pyridine rings is 1. The van der Waals surface area contributed by atoms with Gasteiger partial charge in [0.1, 0.15) is 17.4 Å². The van der Waals surface area contributed by atoms with Crippen LogP contribution < -0.4 is 10.1 Å². The number of carbonyl (C=O) groups is 1. The molecule has 1 aliphatic heterocycles. The Morgan fingerprint density at radius 1 is 1.33 bits per heavy atom. The molecule has 0 saturated carbocycles. The third-order valence-corrected chi connectivity index (χ3v) is 4.97. The Hall–Kier alpha value is -3.00. The van der Waals surface area contributed by atoms with E-state index in [2.05, 4.69) is 10.3 Å². The topological polar surface area (TPSA) is 105 Å². The number of carboxylic acid groups (broad SMARTS) is 1. The summed E-state index contributed by atoms with van der Waals surface area (Å²) in [6.45, 7) is 5.50. The fraction of sp³-hybridized carbons (Fsp3) is 0.409. The van der Waals surface area contributed by atoms with E-state index in [1.807, 2.05) is 13.8 Å². The summed E-state index contributed by atoms with van der Waals surface area (Å²) in [5.41, 5.74) is 1.01. The zero-order valence-electron chi connectivity index (χ0n) is 17.1. The van der Waals surface area contributed by atoms with E-state index >= 15 is 0 Å². The zero-order chi connectivity index (χ0) is 21.7. The highest BCUT2D eigenvalue weighted by atomic mass is 19.1. The lowest BCUT2D eigenvalue weighted by atomic mass is 9.98. The van der Waals surface area contributed by atoms with Gasteiger partial charge in [0.15, 0.2) is 5.69 Å². The molecule has 0 amide bonds. The van der Waals surface area contributed by atoms with Gasteiger partial charge in [-0.05, 0) is 48.9 Å². The van der Waals surface area contributed by atoms with Gasteiger partial charge < -0.3 is 25.3 Å². The maximum atomic E-state index is 13.3. The van der Waals surface area contributed by atoms with Gasteiger partial charge in [0.2, 0.25) is 0 Å². The smallest absolute Gasteiger partial charge is 0.354 e. The second-order valence-corrected chi connectivity index (χ2v) is 7.60. The second-order valence-electron chi connectivity index (χ2n) is 7.60. The van der Waals surface area contributed by atoms with E-state index in [0.29, 0.717) is 42.7 Å². The zero-order valence-corrected chi connectivity index (χ0v) is 17.1. The van der Waals surface area contributed by atoms with E-state index < -0.39 is 5.97 Å². The first-order chi connectivity index (χ1) is 14.3. The minimum atomic E-state index is -1.20. The van der Waals surface area contributed by atoms with Crippen LogP contribution in [0.5, 0.6) is 5.75 Å². The van der Waals surface area contributed by atoms with Crippen molar-refractivity contribution in [3.8, 4) is 5.75 Å². The predicted molar refractivity (Wildman–Crippen MR) is 112 cm³/mol. The van der Waals surface area contributed by atoms with E-state index in [0.717, 1.165) is 12.8 Å². The highest BCUT2D eigenvalue weighted by Crippen LogP contribution is 2.32. The first kappa shape index (κ1) is 21.7. The van der Waals surface area contributed by atoms with Crippen LogP contribution in [0.4, 0.5) is 15.9 Å². The lowest BCUT2D eigenvalue weighted by Gasteiger charge is -2.24. The Balaban J connectivity index is 2.00.